The highest BCUT2D eigenvalue weighted by atomic mass is 16.2. The van der Waals surface area contributed by atoms with Crippen molar-refractivity contribution in [3.63, 3.8) is 0 Å². The average molecular weight is 240 g/mol. The monoisotopic (exact) mass is 240 g/mol. The second-order valence-electron chi connectivity index (χ2n) is 5.90. The molecule has 3 atom stereocenters. The van der Waals surface area contributed by atoms with Crippen LogP contribution in [0.25, 0.3) is 0 Å². The molecule has 1 amide bonds. The van der Waals surface area contributed by atoms with Crippen molar-refractivity contribution < 1.29 is 4.79 Å². The number of carbonyl (C=O) groups excluding carboxylic acids is 1. The van der Waals surface area contributed by atoms with Gasteiger partial charge in [0.1, 0.15) is 0 Å². The van der Waals surface area contributed by atoms with E-state index in [9.17, 15) is 4.79 Å². The average Bonchev–Trinajstić information content (AvgIpc) is 2.27. The van der Waals surface area contributed by atoms with Crippen LogP contribution in [-0.4, -0.2) is 18.0 Å². The summed E-state index contributed by atoms with van der Waals surface area (Å²) in [7, 11) is 0. The molecule has 3 unspecified atom stereocenters. The molecule has 100 valence electrons. The number of nitrogens with one attached hydrogen (secondary N) is 1. The summed E-state index contributed by atoms with van der Waals surface area (Å²) in [6, 6.07) is 0. The minimum Gasteiger partial charge on any atom is -0.354 e. The lowest BCUT2D eigenvalue weighted by atomic mass is 9.80. The summed E-state index contributed by atoms with van der Waals surface area (Å²) in [5, 5.41) is 3.04. The van der Waals surface area contributed by atoms with Crippen molar-refractivity contribution in [2.45, 2.75) is 64.8 Å². The van der Waals surface area contributed by atoms with Crippen molar-refractivity contribution in [3.8, 4) is 0 Å². The molecule has 0 heterocycles. The van der Waals surface area contributed by atoms with E-state index in [0.29, 0.717) is 5.92 Å². The molecule has 3 heteroatoms. The maximum atomic E-state index is 12.0. The fourth-order valence-electron chi connectivity index (χ4n) is 2.75. The molecular formula is C14H28N2O. The molecular weight excluding hydrogens is 212 g/mol. The van der Waals surface area contributed by atoms with Gasteiger partial charge in [-0.2, -0.15) is 0 Å². The van der Waals surface area contributed by atoms with Crippen LogP contribution < -0.4 is 11.1 Å². The molecule has 0 aromatic rings. The van der Waals surface area contributed by atoms with Crippen molar-refractivity contribution in [2.75, 3.05) is 6.54 Å². The highest BCUT2D eigenvalue weighted by Gasteiger charge is 2.28. The molecule has 3 nitrogen and oxygen atoms in total. The minimum atomic E-state index is -0.702. The lowest BCUT2D eigenvalue weighted by Gasteiger charge is -2.30. The standard InChI is InChI=1S/C14H28N2O/c1-4-9-14(3,15)13(17)16-10-12-8-6-5-7-11(12)2/h11-12H,4-10,15H2,1-3H3,(H,16,17). The van der Waals surface area contributed by atoms with E-state index in [1.165, 1.54) is 25.7 Å². The predicted octanol–water partition coefficient (Wildman–Crippen LogP) is 2.45. The van der Waals surface area contributed by atoms with Crippen LogP contribution in [0.1, 0.15) is 59.3 Å². The lowest BCUT2D eigenvalue weighted by molar-refractivity contribution is -0.126. The lowest BCUT2D eigenvalue weighted by Crippen LogP contribution is -2.52. The molecule has 1 fully saturated rings. The Morgan fingerprint density at radius 3 is 2.65 bits per heavy atom. The van der Waals surface area contributed by atoms with Crippen LogP contribution in [-0.2, 0) is 4.79 Å². The largest absolute Gasteiger partial charge is 0.354 e. The van der Waals surface area contributed by atoms with Crippen molar-refractivity contribution in [2.24, 2.45) is 17.6 Å². The van der Waals surface area contributed by atoms with Gasteiger partial charge >= 0.3 is 0 Å². The smallest absolute Gasteiger partial charge is 0.239 e. The fraction of sp³-hybridized carbons (Fsp3) is 0.929. The molecule has 0 bridgehead atoms. The third kappa shape index (κ3) is 4.30. The van der Waals surface area contributed by atoms with Crippen molar-refractivity contribution in [1.29, 1.82) is 0 Å². The van der Waals surface area contributed by atoms with Gasteiger partial charge in [-0.25, -0.2) is 0 Å². The van der Waals surface area contributed by atoms with Crippen LogP contribution in [0.2, 0.25) is 0 Å². The van der Waals surface area contributed by atoms with Crippen LogP contribution in [0.15, 0.2) is 0 Å². The Bertz CT molecular complexity index is 251. The van der Waals surface area contributed by atoms with Crippen LogP contribution in [0, 0.1) is 11.8 Å². The second kappa shape index (κ2) is 6.39. The van der Waals surface area contributed by atoms with Crippen LogP contribution >= 0.6 is 0 Å². The van der Waals surface area contributed by atoms with E-state index in [-0.39, 0.29) is 5.91 Å². The van der Waals surface area contributed by atoms with Gasteiger partial charge in [0, 0.05) is 6.54 Å². The third-order valence-corrected chi connectivity index (χ3v) is 4.10. The highest BCUT2D eigenvalue weighted by Crippen LogP contribution is 2.28. The van der Waals surface area contributed by atoms with Gasteiger partial charge in [-0.05, 0) is 31.6 Å². The number of rotatable bonds is 5. The van der Waals surface area contributed by atoms with Crippen LogP contribution in [0.3, 0.4) is 0 Å². The van der Waals surface area contributed by atoms with Gasteiger partial charge in [-0.1, -0.05) is 39.5 Å². The van der Waals surface area contributed by atoms with Gasteiger partial charge in [0.05, 0.1) is 5.54 Å². The molecule has 17 heavy (non-hydrogen) atoms. The molecule has 0 radical (unpaired) electrons. The Morgan fingerprint density at radius 2 is 2.06 bits per heavy atom. The molecule has 0 spiro atoms. The Kier molecular flexibility index (Phi) is 5.44. The van der Waals surface area contributed by atoms with E-state index in [2.05, 4.69) is 19.2 Å². The minimum absolute atomic E-state index is 0.0112. The van der Waals surface area contributed by atoms with Gasteiger partial charge in [0.2, 0.25) is 5.91 Å². The summed E-state index contributed by atoms with van der Waals surface area (Å²) in [5.74, 6) is 1.39. The molecule has 1 rings (SSSR count). The van der Waals surface area contributed by atoms with E-state index >= 15 is 0 Å². The van der Waals surface area contributed by atoms with Crippen molar-refractivity contribution >= 4 is 5.91 Å². The van der Waals surface area contributed by atoms with E-state index < -0.39 is 5.54 Å². The molecule has 1 aliphatic carbocycles. The van der Waals surface area contributed by atoms with Crippen molar-refractivity contribution in [3.05, 3.63) is 0 Å². The quantitative estimate of drug-likeness (QED) is 0.775. The zero-order valence-corrected chi connectivity index (χ0v) is 11.6. The van der Waals surface area contributed by atoms with E-state index in [1.807, 2.05) is 6.92 Å². The summed E-state index contributed by atoms with van der Waals surface area (Å²) in [6.45, 7) is 6.98. The number of hydrogen-bond acceptors (Lipinski definition) is 2. The molecule has 0 aromatic heterocycles. The van der Waals surface area contributed by atoms with Crippen LogP contribution in [0.4, 0.5) is 0 Å². The first-order valence-electron chi connectivity index (χ1n) is 7.04. The Morgan fingerprint density at radius 1 is 1.41 bits per heavy atom. The number of nitrogens with two attached hydrogens (primary N) is 1. The maximum absolute atomic E-state index is 12.0. The maximum Gasteiger partial charge on any atom is 0.239 e. The molecule has 1 aliphatic rings. The summed E-state index contributed by atoms with van der Waals surface area (Å²) in [5.41, 5.74) is 5.31. The topological polar surface area (TPSA) is 55.1 Å². The molecule has 0 saturated heterocycles. The first-order valence-corrected chi connectivity index (χ1v) is 7.04. The zero-order valence-electron chi connectivity index (χ0n) is 11.6. The van der Waals surface area contributed by atoms with Crippen molar-refractivity contribution in [1.82, 2.24) is 5.32 Å². The Balaban J connectivity index is 2.36. The number of amides is 1. The Hall–Kier alpha value is -0.570. The van der Waals surface area contributed by atoms with E-state index in [0.717, 1.165) is 25.3 Å². The highest BCUT2D eigenvalue weighted by molar-refractivity contribution is 5.85. The van der Waals surface area contributed by atoms with Gasteiger partial charge in [0.25, 0.3) is 0 Å². The third-order valence-electron chi connectivity index (χ3n) is 4.10. The van der Waals surface area contributed by atoms with Crippen LogP contribution in [0.5, 0.6) is 0 Å². The number of carbonyl (C=O) groups is 1. The van der Waals surface area contributed by atoms with E-state index in [1.54, 1.807) is 0 Å². The molecule has 0 aromatic carbocycles. The summed E-state index contributed by atoms with van der Waals surface area (Å²) >= 11 is 0. The van der Waals surface area contributed by atoms with E-state index in [4.69, 9.17) is 5.73 Å². The summed E-state index contributed by atoms with van der Waals surface area (Å²) < 4.78 is 0. The predicted molar refractivity (Wildman–Crippen MR) is 71.6 cm³/mol. The SMILES string of the molecule is CCCC(C)(N)C(=O)NCC1CCCCC1C. The molecule has 0 aliphatic heterocycles. The summed E-state index contributed by atoms with van der Waals surface area (Å²) in [6.07, 6.45) is 6.89. The first-order chi connectivity index (χ1) is 7.97. The van der Waals surface area contributed by atoms with Gasteiger partial charge < -0.3 is 11.1 Å². The first kappa shape index (κ1) is 14.5. The Labute approximate surface area is 106 Å². The second-order valence-corrected chi connectivity index (χ2v) is 5.90. The number of hydrogen-bond donors (Lipinski definition) is 2. The normalized spacial score (nSPS) is 28.5. The van der Waals surface area contributed by atoms with Gasteiger partial charge in [-0.15, -0.1) is 0 Å². The fourth-order valence-corrected chi connectivity index (χ4v) is 2.75. The molecule has 1 saturated carbocycles. The van der Waals surface area contributed by atoms with Gasteiger partial charge in [-0.3, -0.25) is 4.79 Å². The molecule has 3 N–H and O–H groups in total. The summed E-state index contributed by atoms with van der Waals surface area (Å²) in [4.78, 5) is 12.0. The van der Waals surface area contributed by atoms with Gasteiger partial charge in [0.15, 0.2) is 0 Å². The zero-order chi connectivity index (χ0) is 12.9.